The topological polar surface area (TPSA) is 55.1 Å². The number of hydrogen-bond acceptors (Lipinski definition) is 2. The highest BCUT2D eigenvalue weighted by molar-refractivity contribution is 5.76. The quantitative estimate of drug-likeness (QED) is 0.805. The normalized spacial score (nSPS) is 25.9. The third kappa shape index (κ3) is 7.56. The van der Waals surface area contributed by atoms with Crippen molar-refractivity contribution in [3.8, 4) is 0 Å². The average Bonchev–Trinajstić information content (AvgIpc) is 2.25. The van der Waals surface area contributed by atoms with E-state index in [0.29, 0.717) is 29.7 Å². The Balaban J connectivity index is 2.17. The molecule has 0 aromatic carbocycles. The number of nitrogens with one attached hydrogen (secondary N) is 1. The third-order valence-corrected chi connectivity index (χ3v) is 3.97. The van der Waals surface area contributed by atoms with Crippen molar-refractivity contribution in [3.05, 3.63) is 0 Å². The molecule has 3 nitrogen and oxygen atoms in total. The SMILES string of the molecule is CC(CC(=O)NCC1CCC(N)CC1)CC(C)(C)C. The zero-order valence-electron chi connectivity index (χ0n) is 13.2. The molecule has 1 saturated carbocycles. The Labute approximate surface area is 118 Å². The van der Waals surface area contributed by atoms with Gasteiger partial charge in [0.05, 0.1) is 0 Å². The molecule has 1 aliphatic carbocycles. The van der Waals surface area contributed by atoms with Crippen molar-refractivity contribution in [2.24, 2.45) is 23.0 Å². The largest absolute Gasteiger partial charge is 0.356 e. The lowest BCUT2D eigenvalue weighted by atomic mass is 9.84. The Morgan fingerprint density at radius 1 is 1.26 bits per heavy atom. The first-order chi connectivity index (χ1) is 8.76. The summed E-state index contributed by atoms with van der Waals surface area (Å²) in [6.07, 6.45) is 6.31. The molecule has 0 bridgehead atoms. The average molecular weight is 268 g/mol. The monoisotopic (exact) mass is 268 g/mol. The van der Waals surface area contributed by atoms with E-state index >= 15 is 0 Å². The first-order valence-electron chi connectivity index (χ1n) is 7.78. The third-order valence-electron chi connectivity index (χ3n) is 3.97. The Kier molecular flexibility index (Phi) is 6.31. The van der Waals surface area contributed by atoms with Crippen molar-refractivity contribution in [2.75, 3.05) is 6.54 Å². The van der Waals surface area contributed by atoms with Gasteiger partial charge in [-0.1, -0.05) is 27.7 Å². The second-order valence-electron chi connectivity index (χ2n) is 7.66. The second-order valence-corrected chi connectivity index (χ2v) is 7.66. The summed E-state index contributed by atoms with van der Waals surface area (Å²) in [5.74, 6) is 1.31. The van der Waals surface area contributed by atoms with Gasteiger partial charge in [-0.05, 0) is 49.4 Å². The molecule has 0 saturated heterocycles. The van der Waals surface area contributed by atoms with Gasteiger partial charge in [0.2, 0.25) is 5.91 Å². The molecule has 0 radical (unpaired) electrons. The van der Waals surface area contributed by atoms with E-state index in [4.69, 9.17) is 5.73 Å². The van der Waals surface area contributed by atoms with Crippen LogP contribution in [0.3, 0.4) is 0 Å². The van der Waals surface area contributed by atoms with Gasteiger partial charge in [-0.25, -0.2) is 0 Å². The van der Waals surface area contributed by atoms with Gasteiger partial charge >= 0.3 is 0 Å². The Hall–Kier alpha value is -0.570. The van der Waals surface area contributed by atoms with Crippen LogP contribution in [0.2, 0.25) is 0 Å². The van der Waals surface area contributed by atoms with Gasteiger partial charge in [-0.15, -0.1) is 0 Å². The molecule has 1 amide bonds. The lowest BCUT2D eigenvalue weighted by Crippen LogP contribution is -2.34. The van der Waals surface area contributed by atoms with E-state index in [1.165, 1.54) is 12.8 Å². The predicted molar refractivity (Wildman–Crippen MR) is 80.8 cm³/mol. The van der Waals surface area contributed by atoms with Crippen molar-refractivity contribution in [3.63, 3.8) is 0 Å². The highest BCUT2D eigenvalue weighted by atomic mass is 16.1. The lowest BCUT2D eigenvalue weighted by molar-refractivity contribution is -0.122. The van der Waals surface area contributed by atoms with Crippen LogP contribution in [0, 0.1) is 17.3 Å². The van der Waals surface area contributed by atoms with Crippen molar-refractivity contribution in [2.45, 2.75) is 72.3 Å². The predicted octanol–water partition coefficient (Wildman–Crippen LogP) is 3.08. The van der Waals surface area contributed by atoms with E-state index in [2.05, 4.69) is 33.0 Å². The molecule has 0 aliphatic heterocycles. The van der Waals surface area contributed by atoms with E-state index < -0.39 is 0 Å². The molecule has 0 aromatic rings. The standard InChI is InChI=1S/C16H32N2O/c1-12(10-16(2,3)4)9-15(19)18-11-13-5-7-14(17)8-6-13/h12-14H,5-11,17H2,1-4H3,(H,18,19). The van der Waals surface area contributed by atoms with Gasteiger partial charge in [0.25, 0.3) is 0 Å². The smallest absolute Gasteiger partial charge is 0.220 e. The van der Waals surface area contributed by atoms with Gasteiger partial charge < -0.3 is 11.1 Å². The van der Waals surface area contributed by atoms with Crippen LogP contribution in [0.25, 0.3) is 0 Å². The molecule has 19 heavy (non-hydrogen) atoms. The molecule has 0 heterocycles. The minimum atomic E-state index is 0.214. The maximum absolute atomic E-state index is 11.9. The van der Waals surface area contributed by atoms with Gasteiger partial charge in [0.1, 0.15) is 0 Å². The molecule has 1 rings (SSSR count). The molecule has 1 atom stereocenters. The number of carbonyl (C=O) groups excluding carboxylic acids is 1. The first kappa shape index (κ1) is 16.5. The van der Waals surface area contributed by atoms with Crippen LogP contribution >= 0.6 is 0 Å². The Morgan fingerprint density at radius 2 is 1.84 bits per heavy atom. The highest BCUT2D eigenvalue weighted by Gasteiger charge is 2.20. The minimum Gasteiger partial charge on any atom is -0.356 e. The minimum absolute atomic E-state index is 0.214. The van der Waals surface area contributed by atoms with Gasteiger partial charge in [-0.2, -0.15) is 0 Å². The first-order valence-corrected chi connectivity index (χ1v) is 7.78. The Bertz CT molecular complexity index is 275. The van der Waals surface area contributed by atoms with Crippen LogP contribution in [0.5, 0.6) is 0 Å². The van der Waals surface area contributed by atoms with Crippen LogP contribution in [-0.4, -0.2) is 18.5 Å². The molecule has 3 N–H and O–H groups in total. The van der Waals surface area contributed by atoms with Crippen LogP contribution < -0.4 is 11.1 Å². The molecule has 0 aromatic heterocycles. The summed E-state index contributed by atoms with van der Waals surface area (Å²) in [5.41, 5.74) is 6.19. The van der Waals surface area contributed by atoms with Crippen LogP contribution in [0.1, 0.15) is 66.2 Å². The van der Waals surface area contributed by atoms with E-state index in [9.17, 15) is 4.79 Å². The summed E-state index contributed by atoms with van der Waals surface area (Å²) in [4.78, 5) is 11.9. The van der Waals surface area contributed by atoms with Crippen molar-refractivity contribution >= 4 is 5.91 Å². The summed E-state index contributed by atoms with van der Waals surface area (Å²) in [7, 11) is 0. The maximum atomic E-state index is 11.9. The summed E-state index contributed by atoms with van der Waals surface area (Å²) in [5, 5.41) is 3.10. The Morgan fingerprint density at radius 3 is 2.37 bits per heavy atom. The molecular formula is C16H32N2O. The van der Waals surface area contributed by atoms with Gasteiger partial charge in [-0.3, -0.25) is 4.79 Å². The number of hydrogen-bond donors (Lipinski definition) is 2. The summed E-state index contributed by atoms with van der Waals surface area (Å²) >= 11 is 0. The fraction of sp³-hybridized carbons (Fsp3) is 0.938. The van der Waals surface area contributed by atoms with E-state index in [1.807, 2.05) is 0 Å². The molecule has 1 aliphatic rings. The molecule has 0 spiro atoms. The zero-order chi connectivity index (χ0) is 14.5. The molecule has 1 unspecified atom stereocenters. The number of nitrogens with two attached hydrogens (primary N) is 1. The fourth-order valence-corrected chi connectivity index (χ4v) is 3.16. The van der Waals surface area contributed by atoms with E-state index in [0.717, 1.165) is 25.8 Å². The van der Waals surface area contributed by atoms with Crippen molar-refractivity contribution < 1.29 is 4.79 Å². The number of rotatable bonds is 5. The molecule has 1 fully saturated rings. The summed E-state index contributed by atoms with van der Waals surface area (Å²) < 4.78 is 0. The van der Waals surface area contributed by atoms with Crippen molar-refractivity contribution in [1.29, 1.82) is 0 Å². The molecule has 3 heteroatoms. The number of amides is 1. The summed E-state index contributed by atoms with van der Waals surface area (Å²) in [6, 6.07) is 0.388. The zero-order valence-corrected chi connectivity index (χ0v) is 13.2. The van der Waals surface area contributed by atoms with E-state index in [1.54, 1.807) is 0 Å². The summed E-state index contributed by atoms with van der Waals surface area (Å²) in [6.45, 7) is 9.70. The molecule has 112 valence electrons. The fourth-order valence-electron chi connectivity index (χ4n) is 3.16. The van der Waals surface area contributed by atoms with Gasteiger partial charge in [0.15, 0.2) is 0 Å². The maximum Gasteiger partial charge on any atom is 0.220 e. The van der Waals surface area contributed by atoms with Crippen LogP contribution in [-0.2, 0) is 4.79 Å². The highest BCUT2D eigenvalue weighted by Crippen LogP contribution is 2.26. The van der Waals surface area contributed by atoms with Crippen molar-refractivity contribution in [1.82, 2.24) is 5.32 Å². The molecular weight excluding hydrogens is 236 g/mol. The lowest BCUT2D eigenvalue weighted by Gasteiger charge is -2.26. The van der Waals surface area contributed by atoms with Crippen LogP contribution in [0.15, 0.2) is 0 Å². The van der Waals surface area contributed by atoms with Crippen LogP contribution in [0.4, 0.5) is 0 Å². The van der Waals surface area contributed by atoms with E-state index in [-0.39, 0.29) is 5.91 Å². The number of carbonyl (C=O) groups is 1. The van der Waals surface area contributed by atoms with Gasteiger partial charge in [0, 0.05) is 19.0 Å². The second kappa shape index (κ2) is 7.28.